The number of thiazole rings is 1. The third kappa shape index (κ3) is 3.76. The molecule has 1 amide bonds. The number of hydrogen-bond acceptors (Lipinski definition) is 4. The molecule has 0 radical (unpaired) electrons. The van der Waals surface area contributed by atoms with E-state index in [4.69, 9.17) is 5.73 Å². The fraction of sp³-hybridized carbons (Fsp3) is 0.714. The van der Waals surface area contributed by atoms with Crippen LogP contribution >= 0.6 is 11.3 Å². The van der Waals surface area contributed by atoms with E-state index in [9.17, 15) is 4.79 Å². The van der Waals surface area contributed by atoms with Gasteiger partial charge >= 0.3 is 0 Å². The highest BCUT2D eigenvalue weighted by molar-refractivity contribution is 7.09. The second kappa shape index (κ2) is 7.01. The summed E-state index contributed by atoms with van der Waals surface area (Å²) in [5.74, 6) is 0.684. The van der Waals surface area contributed by atoms with Crippen LogP contribution in [-0.4, -0.2) is 35.4 Å². The minimum atomic E-state index is 0.252. The van der Waals surface area contributed by atoms with Gasteiger partial charge < -0.3 is 10.6 Å². The van der Waals surface area contributed by atoms with Crippen molar-refractivity contribution >= 4 is 17.2 Å². The van der Waals surface area contributed by atoms with Crippen molar-refractivity contribution in [1.29, 1.82) is 0 Å². The Balaban J connectivity index is 1.94. The van der Waals surface area contributed by atoms with Gasteiger partial charge in [0.15, 0.2) is 0 Å². The number of nitrogens with zero attached hydrogens (tertiary/aromatic N) is 2. The largest absolute Gasteiger partial charge is 0.342 e. The molecule has 19 heavy (non-hydrogen) atoms. The molecule has 1 saturated heterocycles. The van der Waals surface area contributed by atoms with Gasteiger partial charge in [-0.3, -0.25) is 4.79 Å². The molecule has 5 heteroatoms. The van der Waals surface area contributed by atoms with Crippen molar-refractivity contribution in [2.24, 2.45) is 5.73 Å². The van der Waals surface area contributed by atoms with E-state index in [1.165, 1.54) is 10.7 Å². The van der Waals surface area contributed by atoms with E-state index in [1.54, 1.807) is 11.3 Å². The van der Waals surface area contributed by atoms with E-state index >= 15 is 0 Å². The van der Waals surface area contributed by atoms with E-state index in [2.05, 4.69) is 17.3 Å². The zero-order valence-corrected chi connectivity index (χ0v) is 12.4. The molecule has 1 aromatic rings. The molecule has 0 spiro atoms. The number of piperidine rings is 1. The quantitative estimate of drug-likeness (QED) is 0.899. The van der Waals surface area contributed by atoms with Crippen LogP contribution < -0.4 is 5.73 Å². The maximum Gasteiger partial charge on any atom is 0.222 e. The van der Waals surface area contributed by atoms with Crippen LogP contribution in [0.3, 0.4) is 0 Å². The first-order chi connectivity index (χ1) is 9.24. The second-order valence-corrected chi connectivity index (χ2v) is 5.99. The maximum atomic E-state index is 12.0. The first-order valence-electron chi connectivity index (χ1n) is 7.16. The lowest BCUT2D eigenvalue weighted by molar-refractivity contribution is -0.132. The van der Waals surface area contributed by atoms with E-state index in [0.717, 1.165) is 38.8 Å². The summed E-state index contributed by atoms with van der Waals surface area (Å²) < 4.78 is 0. The van der Waals surface area contributed by atoms with E-state index < -0.39 is 0 Å². The van der Waals surface area contributed by atoms with Crippen LogP contribution in [0.2, 0.25) is 0 Å². The number of carbonyl (C=O) groups is 1. The monoisotopic (exact) mass is 281 g/mol. The zero-order valence-electron chi connectivity index (χ0n) is 11.6. The number of amides is 1. The lowest BCUT2D eigenvalue weighted by atomic mass is 9.98. The Labute approximate surface area is 119 Å². The molecule has 4 nitrogen and oxygen atoms in total. The Morgan fingerprint density at radius 2 is 2.47 bits per heavy atom. The van der Waals surface area contributed by atoms with Gasteiger partial charge in [0, 0.05) is 30.8 Å². The highest BCUT2D eigenvalue weighted by Gasteiger charge is 2.26. The Hall–Kier alpha value is -0.940. The predicted octanol–water partition coefficient (Wildman–Crippen LogP) is 2.15. The smallest absolute Gasteiger partial charge is 0.222 e. The molecule has 0 aromatic carbocycles. The Morgan fingerprint density at radius 3 is 3.16 bits per heavy atom. The topological polar surface area (TPSA) is 59.2 Å². The van der Waals surface area contributed by atoms with Crippen molar-refractivity contribution in [3.8, 4) is 0 Å². The van der Waals surface area contributed by atoms with Crippen molar-refractivity contribution in [2.75, 3.05) is 19.6 Å². The average molecular weight is 281 g/mol. The lowest BCUT2D eigenvalue weighted by Gasteiger charge is -2.32. The molecule has 0 bridgehead atoms. The number of aromatic nitrogens is 1. The minimum Gasteiger partial charge on any atom is -0.342 e. The molecule has 1 atom stereocenters. The minimum absolute atomic E-state index is 0.252. The molecule has 1 aliphatic rings. The van der Waals surface area contributed by atoms with Gasteiger partial charge in [0.05, 0.1) is 10.7 Å². The molecule has 1 aromatic heterocycles. The predicted molar refractivity (Wildman–Crippen MR) is 78.3 cm³/mol. The van der Waals surface area contributed by atoms with Crippen LogP contribution in [0.4, 0.5) is 0 Å². The summed E-state index contributed by atoms with van der Waals surface area (Å²) in [6, 6.07) is 0. The normalized spacial score (nSPS) is 19.7. The van der Waals surface area contributed by atoms with Crippen molar-refractivity contribution in [2.45, 2.75) is 44.9 Å². The van der Waals surface area contributed by atoms with Crippen molar-refractivity contribution in [3.63, 3.8) is 0 Å². The van der Waals surface area contributed by atoms with Crippen LogP contribution in [0.1, 0.15) is 49.2 Å². The van der Waals surface area contributed by atoms with Gasteiger partial charge in [0.2, 0.25) is 5.91 Å². The third-order valence-corrected chi connectivity index (χ3v) is 4.71. The van der Waals surface area contributed by atoms with Crippen LogP contribution in [-0.2, 0) is 11.2 Å². The first kappa shape index (κ1) is 14.5. The van der Waals surface area contributed by atoms with E-state index in [-0.39, 0.29) is 5.91 Å². The van der Waals surface area contributed by atoms with Gasteiger partial charge in [-0.05, 0) is 32.2 Å². The van der Waals surface area contributed by atoms with Gasteiger partial charge in [-0.15, -0.1) is 11.3 Å². The van der Waals surface area contributed by atoms with Crippen molar-refractivity contribution in [3.05, 3.63) is 16.1 Å². The Morgan fingerprint density at radius 1 is 1.63 bits per heavy atom. The number of rotatable bonds is 5. The molecule has 2 heterocycles. The molecule has 0 aliphatic carbocycles. The van der Waals surface area contributed by atoms with Gasteiger partial charge in [-0.25, -0.2) is 4.98 Å². The van der Waals surface area contributed by atoms with Gasteiger partial charge in [0.25, 0.3) is 0 Å². The van der Waals surface area contributed by atoms with E-state index in [1.807, 2.05) is 4.90 Å². The molecular weight excluding hydrogens is 258 g/mol. The highest BCUT2D eigenvalue weighted by Crippen LogP contribution is 2.29. The molecule has 2 rings (SSSR count). The van der Waals surface area contributed by atoms with Crippen LogP contribution in [0.5, 0.6) is 0 Å². The van der Waals surface area contributed by atoms with Crippen LogP contribution in [0.25, 0.3) is 0 Å². The molecule has 0 saturated carbocycles. The van der Waals surface area contributed by atoms with Crippen LogP contribution in [0, 0.1) is 0 Å². The average Bonchev–Trinajstić information content (AvgIpc) is 2.94. The van der Waals surface area contributed by atoms with Crippen LogP contribution in [0.15, 0.2) is 5.38 Å². The summed E-state index contributed by atoms with van der Waals surface area (Å²) in [6.45, 7) is 4.45. The first-order valence-corrected chi connectivity index (χ1v) is 8.04. The fourth-order valence-electron chi connectivity index (χ4n) is 2.49. The third-order valence-electron chi connectivity index (χ3n) is 3.65. The summed E-state index contributed by atoms with van der Waals surface area (Å²) in [5, 5.41) is 3.35. The maximum absolute atomic E-state index is 12.0. The molecule has 1 aliphatic heterocycles. The van der Waals surface area contributed by atoms with Crippen molar-refractivity contribution in [1.82, 2.24) is 9.88 Å². The molecule has 106 valence electrons. The number of aryl methyl sites for hydroxylation is 1. The molecule has 1 unspecified atom stereocenters. The number of likely N-dealkylation sites (tertiary alicyclic amines) is 1. The molecular formula is C14H23N3OS. The summed E-state index contributed by atoms with van der Waals surface area (Å²) in [5.41, 5.74) is 6.64. The molecule has 1 fully saturated rings. The summed E-state index contributed by atoms with van der Waals surface area (Å²) in [6.07, 6.45) is 4.60. The summed E-state index contributed by atoms with van der Waals surface area (Å²) in [7, 11) is 0. The summed E-state index contributed by atoms with van der Waals surface area (Å²) in [4.78, 5) is 18.7. The standard InChI is InChI=1S/C14H23N3OS/c1-2-12-10-19-14(16-12)11-5-4-8-17(9-11)13(18)6-3-7-15/h10-11H,2-9,15H2,1H3. The van der Waals surface area contributed by atoms with Gasteiger partial charge in [0.1, 0.15) is 0 Å². The fourth-order valence-corrected chi connectivity index (χ4v) is 3.52. The summed E-state index contributed by atoms with van der Waals surface area (Å²) >= 11 is 1.74. The number of nitrogens with two attached hydrogens (primary N) is 1. The SMILES string of the molecule is CCc1csc(C2CCCN(C(=O)CCCN)C2)n1. The second-order valence-electron chi connectivity index (χ2n) is 5.10. The Kier molecular flexibility index (Phi) is 5.34. The van der Waals surface area contributed by atoms with E-state index in [0.29, 0.717) is 18.9 Å². The number of carbonyl (C=O) groups excluding carboxylic acids is 1. The lowest BCUT2D eigenvalue weighted by Crippen LogP contribution is -2.39. The van der Waals surface area contributed by atoms with Crippen molar-refractivity contribution < 1.29 is 4.79 Å². The highest BCUT2D eigenvalue weighted by atomic mass is 32.1. The molecule has 2 N–H and O–H groups in total. The van der Waals surface area contributed by atoms with Gasteiger partial charge in [-0.2, -0.15) is 0 Å². The zero-order chi connectivity index (χ0) is 13.7. The van der Waals surface area contributed by atoms with Gasteiger partial charge in [-0.1, -0.05) is 6.92 Å². The Bertz CT molecular complexity index is 419. The number of hydrogen-bond donors (Lipinski definition) is 1.